The molecular weight excluding hydrogens is 1200 g/mol. The fraction of sp³-hybridized carbons (Fsp3) is 0.0714. The van der Waals surface area contributed by atoms with E-state index < -0.39 is 5.97 Å². The SMILES string of the molecule is C=CC(=O)OCCCOc1ccc(N(c2ccccc2)c2ccc(-c3ccc(N(c4ccccc4)c4ccccc4)cc3)cc2)cc1.O=CCl.OCCCOc1ccc(N(c2ccccc2)c2ccc(-c3ccc(N(c4ccccc4)c4ccccc4)cc3)cc2)cc1.[CH-]=C. The second-order valence-corrected chi connectivity index (χ2v) is 21.3. The summed E-state index contributed by atoms with van der Waals surface area (Å²) < 4.78 is 16.6. The van der Waals surface area contributed by atoms with Gasteiger partial charge in [-0.2, -0.15) is 0 Å². The maximum Gasteiger partial charge on any atom is 0.330 e. The Morgan fingerprint density at radius 1 is 0.337 bits per heavy atom. The van der Waals surface area contributed by atoms with Gasteiger partial charge in [-0.15, -0.1) is 0 Å². The molecule has 12 aromatic carbocycles. The average molecular weight is 1270 g/mol. The lowest BCUT2D eigenvalue weighted by molar-refractivity contribution is -0.137. The summed E-state index contributed by atoms with van der Waals surface area (Å²) in [6, 6.07) is 113. The molecule has 11 heteroatoms. The Morgan fingerprint density at radius 3 is 0.747 bits per heavy atom. The van der Waals surface area contributed by atoms with Gasteiger partial charge in [0.1, 0.15) is 11.5 Å². The molecule has 95 heavy (non-hydrogen) atoms. The van der Waals surface area contributed by atoms with Gasteiger partial charge < -0.3 is 45.5 Å². The molecule has 0 heterocycles. The Morgan fingerprint density at radius 2 is 0.537 bits per heavy atom. The van der Waals surface area contributed by atoms with E-state index in [-0.39, 0.29) is 12.4 Å². The number of aliphatic hydroxyl groups excluding tert-OH is 1. The largest absolute Gasteiger partial charge is 0.521 e. The zero-order chi connectivity index (χ0) is 66.2. The van der Waals surface area contributed by atoms with Crippen LogP contribution in [-0.2, 0) is 14.3 Å². The smallest absolute Gasteiger partial charge is 0.330 e. The number of aliphatic hydroxyl groups is 1. The average Bonchev–Trinajstić information content (AvgIpc) is 1.03. The number of ether oxygens (including phenoxy) is 3. The number of nitrogens with zero attached hydrogens (tertiary/aromatic N) is 4. The summed E-state index contributed by atoms with van der Waals surface area (Å²) in [5.41, 5.74) is 17.6. The van der Waals surface area contributed by atoms with Crippen LogP contribution in [0.3, 0.4) is 0 Å². The van der Waals surface area contributed by atoms with Crippen LogP contribution >= 0.6 is 11.6 Å². The summed E-state index contributed by atoms with van der Waals surface area (Å²) in [5.74, 6) is 1.35. The summed E-state index contributed by atoms with van der Waals surface area (Å²) in [5, 5.41) is 9.04. The lowest BCUT2D eigenvalue weighted by atomic mass is 10.0. The van der Waals surface area contributed by atoms with Crippen LogP contribution in [0.15, 0.2) is 347 Å². The highest BCUT2D eigenvalue weighted by atomic mass is 35.5. The molecule has 0 atom stereocenters. The van der Waals surface area contributed by atoms with E-state index in [9.17, 15) is 4.79 Å². The Balaban J connectivity index is 0.000000210. The summed E-state index contributed by atoms with van der Waals surface area (Å²) in [4.78, 5) is 28.8. The molecule has 0 saturated carbocycles. The quantitative estimate of drug-likeness (QED) is 0.0157. The van der Waals surface area contributed by atoms with Gasteiger partial charge in [0.05, 0.1) is 19.8 Å². The second kappa shape index (κ2) is 36.4. The minimum Gasteiger partial charge on any atom is -0.521 e. The zero-order valence-electron chi connectivity index (χ0n) is 52.7. The molecular formula is C84H74ClN4O6-. The number of carbonyl (C=O) groups is 2. The highest BCUT2D eigenvalue weighted by Gasteiger charge is 2.18. The lowest BCUT2D eigenvalue weighted by Gasteiger charge is -2.26. The minimum absolute atomic E-state index is 0.125. The van der Waals surface area contributed by atoms with Gasteiger partial charge in [-0.05, 0) is 204 Å². The van der Waals surface area contributed by atoms with Crippen LogP contribution in [-0.4, -0.2) is 43.2 Å². The second-order valence-electron chi connectivity index (χ2n) is 21.1. The number of esters is 1. The number of benzene rings is 12. The van der Waals surface area contributed by atoms with Gasteiger partial charge in [-0.25, -0.2) is 4.79 Å². The van der Waals surface area contributed by atoms with Crippen molar-refractivity contribution in [3.05, 3.63) is 353 Å². The molecule has 12 aromatic rings. The van der Waals surface area contributed by atoms with Crippen LogP contribution in [0.1, 0.15) is 12.8 Å². The van der Waals surface area contributed by atoms with Crippen molar-refractivity contribution in [2.75, 3.05) is 46.0 Å². The van der Waals surface area contributed by atoms with Gasteiger partial charge in [-0.3, -0.25) is 11.4 Å². The predicted molar refractivity (Wildman–Crippen MR) is 393 cm³/mol. The van der Waals surface area contributed by atoms with Crippen LogP contribution in [0, 0.1) is 6.58 Å². The van der Waals surface area contributed by atoms with E-state index in [1.807, 2.05) is 72.8 Å². The summed E-state index contributed by atoms with van der Waals surface area (Å²) >= 11 is 4.32. The molecule has 0 spiro atoms. The topological polar surface area (TPSA) is 95.0 Å². The van der Waals surface area contributed by atoms with Gasteiger partial charge in [0.25, 0.3) is 0 Å². The molecule has 0 fully saturated rings. The molecule has 0 aromatic heterocycles. The third-order valence-corrected chi connectivity index (χ3v) is 15.0. The first-order valence-corrected chi connectivity index (χ1v) is 31.6. The van der Waals surface area contributed by atoms with Crippen molar-refractivity contribution in [1.82, 2.24) is 0 Å². The number of carbonyl (C=O) groups excluding carboxylic acids is 2. The fourth-order valence-corrected chi connectivity index (χ4v) is 10.6. The summed E-state index contributed by atoms with van der Waals surface area (Å²) in [7, 11) is 0. The zero-order valence-corrected chi connectivity index (χ0v) is 53.5. The molecule has 0 unspecified atom stereocenters. The van der Waals surface area contributed by atoms with Crippen LogP contribution in [0.2, 0.25) is 0 Å². The molecule has 12 rings (SSSR count). The molecule has 0 aliphatic rings. The van der Waals surface area contributed by atoms with Gasteiger partial charge in [0.2, 0.25) is 5.75 Å². The molecule has 0 aliphatic heterocycles. The van der Waals surface area contributed by atoms with E-state index in [1.54, 1.807) is 0 Å². The van der Waals surface area contributed by atoms with E-state index in [0.717, 1.165) is 108 Å². The van der Waals surface area contributed by atoms with E-state index >= 15 is 0 Å². The number of para-hydroxylation sites is 6. The molecule has 10 nitrogen and oxygen atoms in total. The first-order chi connectivity index (χ1) is 46.9. The van der Waals surface area contributed by atoms with E-state index in [4.69, 9.17) is 24.1 Å². The third-order valence-electron chi connectivity index (χ3n) is 15.0. The maximum atomic E-state index is 11.2. The normalized spacial score (nSPS) is 10.3. The monoisotopic (exact) mass is 1270 g/mol. The summed E-state index contributed by atoms with van der Waals surface area (Å²) in [6.07, 6.45) is 2.38. The highest BCUT2D eigenvalue weighted by molar-refractivity contribution is 6.54. The number of hydrogen-bond donors (Lipinski definition) is 1. The van der Waals surface area contributed by atoms with Gasteiger partial charge in [-0.1, -0.05) is 164 Å². The third kappa shape index (κ3) is 19.0. The Labute approximate surface area is 563 Å². The molecule has 0 amide bonds. The number of rotatable bonds is 24. The van der Waals surface area contributed by atoms with E-state index in [1.165, 1.54) is 0 Å². The van der Waals surface area contributed by atoms with Crippen molar-refractivity contribution >= 4 is 91.6 Å². The lowest BCUT2D eigenvalue weighted by Crippen LogP contribution is -2.10. The number of hydrogen-bond acceptors (Lipinski definition) is 10. The van der Waals surface area contributed by atoms with Crippen molar-refractivity contribution in [3.8, 4) is 33.8 Å². The Kier molecular flexibility index (Phi) is 25.9. The first-order valence-electron chi connectivity index (χ1n) is 31.1. The molecule has 1 N–H and O–H groups in total. The Bertz CT molecular complexity index is 4100. The predicted octanol–water partition coefficient (Wildman–Crippen LogP) is 21.9. The fourth-order valence-electron chi connectivity index (χ4n) is 10.6. The summed E-state index contributed by atoms with van der Waals surface area (Å²) in [6.45, 7) is 11.8. The van der Waals surface area contributed by atoms with Crippen molar-refractivity contribution < 1.29 is 28.9 Å². The minimum atomic E-state index is -0.421. The van der Waals surface area contributed by atoms with Crippen LogP contribution < -0.4 is 29.1 Å². The van der Waals surface area contributed by atoms with Crippen LogP contribution in [0.4, 0.5) is 68.2 Å². The maximum absolute atomic E-state index is 11.2. The van der Waals surface area contributed by atoms with Crippen LogP contribution in [0.5, 0.6) is 11.5 Å². The van der Waals surface area contributed by atoms with Crippen molar-refractivity contribution in [3.63, 3.8) is 0 Å². The van der Waals surface area contributed by atoms with Crippen molar-refractivity contribution in [2.45, 2.75) is 12.8 Å². The number of anilines is 12. The molecule has 0 aliphatic carbocycles. The molecule has 474 valence electrons. The van der Waals surface area contributed by atoms with Crippen molar-refractivity contribution in [2.24, 2.45) is 0 Å². The number of halogens is 1. The Hall–Kier alpha value is -11.7. The van der Waals surface area contributed by atoms with Gasteiger partial charge in [0, 0.05) is 93.8 Å². The van der Waals surface area contributed by atoms with E-state index in [0.29, 0.717) is 32.7 Å². The molecule has 0 radical (unpaired) electrons. The molecule has 0 saturated heterocycles. The first kappa shape index (κ1) is 67.7. The van der Waals surface area contributed by atoms with Gasteiger partial charge in [0.15, 0.2) is 0 Å². The van der Waals surface area contributed by atoms with Gasteiger partial charge >= 0.3 is 5.97 Å². The standard InChI is InChI=1S/C42H36N2O3.C39H34N2O2.C2H3.CHClO/c1-2-42(45)47-32-12-31-46-41-29-27-40(28-30-41)44(37-17-10-5-11-18-37)39-25-21-34(22-26-39)33-19-23-38(24-20-33)43(35-13-6-3-7-14-35)36-15-8-4-9-16-36;42-29-10-30-43-39-27-25-38(26-28-39)41(35-15-8-3-9-16-35)37-23-19-32(20-24-37)31-17-21-36(22-18-31)40(33-11-4-1-5-12-33)34-13-6-2-7-14-34;1-2;2-1-3/h2-11,13-30H,1,12,31-32H2;1-9,11-28,42H,10,29-30H2;1H,2H2;1H/q;;-1;. The van der Waals surface area contributed by atoms with E-state index in [2.05, 4.69) is 306 Å². The van der Waals surface area contributed by atoms with Crippen LogP contribution in [0.25, 0.3) is 22.3 Å². The van der Waals surface area contributed by atoms with Crippen molar-refractivity contribution in [1.29, 1.82) is 0 Å². The molecule has 0 bridgehead atoms. The highest BCUT2D eigenvalue weighted by Crippen LogP contribution is 2.41.